The molecule has 3 saturated heterocycles. The number of aromatic amines is 1. The summed E-state index contributed by atoms with van der Waals surface area (Å²) in [5, 5.41) is 22.5. The minimum atomic E-state index is -5.09. The molecule has 3 aromatic heterocycles. The number of fused-ring (bicyclic) bond motifs is 4. The maximum atomic E-state index is 13.2. The Morgan fingerprint density at radius 3 is 2.13 bits per heavy atom. The Balaban J connectivity index is 1.18. The van der Waals surface area contributed by atoms with Gasteiger partial charge < -0.3 is 35.2 Å². The van der Waals surface area contributed by atoms with Crippen LogP contribution in [0.15, 0.2) is 23.3 Å². The lowest BCUT2D eigenvalue weighted by Gasteiger charge is -2.27. The van der Waals surface area contributed by atoms with Gasteiger partial charge in [-0.1, -0.05) is 23.2 Å². The summed E-state index contributed by atoms with van der Waals surface area (Å²) in [6.45, 7) is -1.71. The number of ether oxygens (including phenoxy) is 2. The monoisotopic (exact) mass is 759 g/mol. The number of nitrogen functional groups attached to an aromatic ring is 1. The number of aliphatic hydroxyl groups is 2. The van der Waals surface area contributed by atoms with Gasteiger partial charge in [-0.05, 0) is 23.7 Å². The number of nitrogens with one attached hydrogen (secondary N) is 1. The zero-order valence-corrected chi connectivity index (χ0v) is 27.1. The van der Waals surface area contributed by atoms with E-state index >= 15 is 0 Å². The normalized spacial score (nSPS) is 36.7. The van der Waals surface area contributed by atoms with Crippen LogP contribution in [0.4, 0.5) is 5.95 Å². The maximum Gasteiger partial charge on any atom is 0.472 e. The third-order valence-electron chi connectivity index (χ3n) is 7.60. The van der Waals surface area contributed by atoms with Crippen molar-refractivity contribution in [2.45, 2.75) is 49.1 Å². The lowest BCUT2D eigenvalue weighted by atomic mass is 10.1. The van der Waals surface area contributed by atoms with Crippen LogP contribution in [0.3, 0.4) is 0 Å². The first-order valence-corrected chi connectivity index (χ1v) is 17.5. The van der Waals surface area contributed by atoms with Crippen LogP contribution in [0.2, 0.25) is 15.3 Å². The molecule has 254 valence electrons. The predicted octanol–water partition coefficient (Wildman–Crippen LogP) is 1.25. The predicted molar refractivity (Wildman–Crippen MR) is 158 cm³/mol. The summed E-state index contributed by atoms with van der Waals surface area (Å²) in [6, 6.07) is 2.82. The van der Waals surface area contributed by atoms with Gasteiger partial charge in [-0.2, -0.15) is 4.98 Å². The van der Waals surface area contributed by atoms with Gasteiger partial charge in [0.1, 0.15) is 36.6 Å². The van der Waals surface area contributed by atoms with Crippen LogP contribution in [-0.4, -0.2) is 98.9 Å². The average molecular weight is 761 g/mol. The van der Waals surface area contributed by atoms with Crippen molar-refractivity contribution in [3.05, 3.63) is 44.1 Å². The molecule has 6 heterocycles. The van der Waals surface area contributed by atoms with E-state index in [1.165, 1.54) is 16.7 Å². The van der Waals surface area contributed by atoms with Crippen molar-refractivity contribution < 1.29 is 56.7 Å². The van der Waals surface area contributed by atoms with Gasteiger partial charge in [-0.25, -0.2) is 19.1 Å². The number of rotatable bonds is 2. The van der Waals surface area contributed by atoms with E-state index in [-0.39, 0.29) is 43.5 Å². The van der Waals surface area contributed by atoms with E-state index < -0.39 is 83.5 Å². The quantitative estimate of drug-likeness (QED) is 0.157. The van der Waals surface area contributed by atoms with Crippen LogP contribution < -0.4 is 11.3 Å². The minimum absolute atomic E-state index is 0.113. The summed E-state index contributed by atoms with van der Waals surface area (Å²) < 4.78 is 61.1. The number of phosphoric ester groups is 2. The Morgan fingerprint density at radius 1 is 0.915 bits per heavy atom. The van der Waals surface area contributed by atoms with Gasteiger partial charge in [0.05, 0.1) is 40.6 Å². The van der Waals surface area contributed by atoms with Gasteiger partial charge in [0.15, 0.2) is 23.6 Å². The number of hydrogen-bond acceptors (Lipinski definition) is 15. The Morgan fingerprint density at radius 2 is 1.49 bits per heavy atom. The standard InChI is InChI=1S/C22H22Cl3N7O13P2/c23-6-1-8-9(2-7(6)24)32(21(25)28-8)20-14(34)16-11(43-20)4-41-46(36,37)44-15-10(3-40-47(38,39)45-16)42-19(13(15)33)31-5-27-12-17(31)29-22(26)30-18(12)35/h1-2,5,10-11,13-16,19-20,33-34H,3-4H2,(H,36,37)(H,38,39)(H3,26,29,30,35). The third kappa shape index (κ3) is 6.01. The van der Waals surface area contributed by atoms with E-state index in [2.05, 4.69) is 19.9 Å². The molecule has 0 saturated carbocycles. The van der Waals surface area contributed by atoms with Crippen molar-refractivity contribution in [3.8, 4) is 0 Å². The molecule has 10 atom stereocenters. The number of halogens is 3. The Hall–Kier alpha value is -2.23. The van der Waals surface area contributed by atoms with E-state index in [0.717, 1.165) is 10.9 Å². The maximum absolute atomic E-state index is 13.2. The molecule has 4 aromatic rings. The summed E-state index contributed by atoms with van der Waals surface area (Å²) in [5.74, 6) is -0.275. The zero-order valence-electron chi connectivity index (χ0n) is 23.1. The van der Waals surface area contributed by atoms with Gasteiger partial charge in [0.2, 0.25) is 11.2 Å². The number of anilines is 1. The van der Waals surface area contributed by atoms with Crippen LogP contribution in [-0.2, 0) is 36.7 Å². The molecule has 0 aliphatic carbocycles. The SMILES string of the molecule is Nc1nc2c(ncn2C2OC3COP(=O)(O)OC4C(COP(=O)(O)OC3C2O)OC(n2c(Cl)nc3cc(Cl)c(Cl)cc32)C4O)c(=O)[nH]1. The van der Waals surface area contributed by atoms with E-state index in [1.807, 2.05) is 0 Å². The summed E-state index contributed by atoms with van der Waals surface area (Å²) in [6.07, 6.45) is -11.8. The van der Waals surface area contributed by atoms with Crippen molar-refractivity contribution in [1.29, 1.82) is 0 Å². The number of aromatic nitrogens is 6. The number of aliphatic hydroxyl groups excluding tert-OH is 2. The summed E-state index contributed by atoms with van der Waals surface area (Å²) in [5.41, 5.74) is 5.20. The van der Waals surface area contributed by atoms with Crippen LogP contribution in [0.1, 0.15) is 12.5 Å². The summed E-state index contributed by atoms with van der Waals surface area (Å²) >= 11 is 18.6. The molecule has 25 heteroatoms. The molecule has 7 rings (SSSR count). The molecule has 0 bridgehead atoms. The highest BCUT2D eigenvalue weighted by Crippen LogP contribution is 2.54. The zero-order chi connectivity index (χ0) is 33.6. The molecular weight excluding hydrogens is 739 g/mol. The fourth-order valence-electron chi connectivity index (χ4n) is 5.55. The van der Waals surface area contributed by atoms with E-state index in [1.54, 1.807) is 0 Å². The topological polar surface area (TPSA) is 278 Å². The average Bonchev–Trinajstić information content (AvgIpc) is 3.70. The first kappa shape index (κ1) is 33.3. The summed E-state index contributed by atoms with van der Waals surface area (Å²) in [4.78, 5) is 47.9. The van der Waals surface area contributed by atoms with Gasteiger partial charge in [-0.3, -0.25) is 37.0 Å². The molecule has 20 nitrogen and oxygen atoms in total. The van der Waals surface area contributed by atoms with Crippen molar-refractivity contribution >= 4 is 78.6 Å². The lowest BCUT2D eigenvalue weighted by molar-refractivity contribution is -0.0663. The highest BCUT2D eigenvalue weighted by molar-refractivity contribution is 7.47. The number of phosphoric acid groups is 2. The van der Waals surface area contributed by atoms with Crippen LogP contribution in [0.5, 0.6) is 0 Å². The highest BCUT2D eigenvalue weighted by Gasteiger charge is 2.54. The van der Waals surface area contributed by atoms with E-state index in [4.69, 9.17) is 68.1 Å². The molecule has 0 radical (unpaired) electrons. The van der Waals surface area contributed by atoms with Crippen molar-refractivity contribution in [3.63, 3.8) is 0 Å². The fourth-order valence-corrected chi connectivity index (χ4v) is 8.07. The molecule has 10 unspecified atom stereocenters. The first-order valence-electron chi connectivity index (χ1n) is 13.4. The molecule has 1 aromatic carbocycles. The van der Waals surface area contributed by atoms with E-state index in [9.17, 15) is 33.9 Å². The van der Waals surface area contributed by atoms with Gasteiger partial charge in [0.25, 0.3) is 5.56 Å². The molecule has 7 N–H and O–H groups in total. The number of hydrogen-bond donors (Lipinski definition) is 6. The van der Waals surface area contributed by atoms with Crippen LogP contribution >= 0.6 is 50.4 Å². The second kappa shape index (κ2) is 12.0. The van der Waals surface area contributed by atoms with Gasteiger partial charge in [-0.15, -0.1) is 0 Å². The second-order valence-corrected chi connectivity index (χ2v) is 14.5. The lowest BCUT2D eigenvalue weighted by Crippen LogP contribution is -2.39. The fraction of sp³-hybridized carbons (Fsp3) is 0.455. The van der Waals surface area contributed by atoms with E-state index in [0.29, 0.717) is 0 Å². The number of benzene rings is 1. The number of H-pyrrole nitrogens is 1. The minimum Gasteiger partial charge on any atom is -0.386 e. The molecule has 0 amide bonds. The number of nitrogens with zero attached hydrogens (tertiary/aromatic N) is 5. The largest absolute Gasteiger partial charge is 0.472 e. The highest BCUT2D eigenvalue weighted by atomic mass is 35.5. The number of imidazole rings is 2. The molecule has 3 fully saturated rings. The Bertz CT molecular complexity index is 2050. The Kier molecular flexibility index (Phi) is 8.48. The molecule has 3 aliphatic heterocycles. The Labute approximate surface area is 276 Å². The van der Waals surface area contributed by atoms with Crippen LogP contribution in [0, 0.1) is 0 Å². The van der Waals surface area contributed by atoms with Crippen LogP contribution in [0.25, 0.3) is 22.2 Å². The van der Waals surface area contributed by atoms with Gasteiger partial charge >= 0.3 is 15.6 Å². The summed E-state index contributed by atoms with van der Waals surface area (Å²) in [7, 11) is -10.2. The van der Waals surface area contributed by atoms with Crippen molar-refractivity contribution in [2.24, 2.45) is 0 Å². The molecule has 3 aliphatic rings. The second-order valence-electron chi connectivity index (χ2n) is 10.6. The molecule has 0 spiro atoms. The molecule has 47 heavy (non-hydrogen) atoms. The molecular formula is C22H22Cl3N7O13P2. The third-order valence-corrected chi connectivity index (χ3v) is 10.6. The first-order chi connectivity index (χ1) is 22.1. The van der Waals surface area contributed by atoms with Crippen molar-refractivity contribution in [1.82, 2.24) is 29.1 Å². The van der Waals surface area contributed by atoms with Gasteiger partial charge in [0, 0.05) is 0 Å². The number of nitrogens with two attached hydrogens (primary N) is 1. The van der Waals surface area contributed by atoms with Crippen molar-refractivity contribution in [2.75, 3.05) is 18.9 Å². The smallest absolute Gasteiger partial charge is 0.386 e.